The molecule has 1 aromatic rings. The molecule has 4 heteroatoms. The Balaban J connectivity index is 0.00000128. The number of nitrogens with zero attached hydrogens (tertiary/aromatic N) is 1. The highest BCUT2D eigenvalue weighted by Crippen LogP contribution is 2.20. The molecule has 2 nitrogen and oxygen atoms in total. The minimum atomic E-state index is -0.111. The SMILES string of the molecule is Cl.NCC1CCCN1Cc1ccccc1F. The van der Waals surface area contributed by atoms with Crippen LogP contribution >= 0.6 is 12.4 Å². The average Bonchev–Trinajstić information content (AvgIpc) is 2.69. The number of rotatable bonds is 3. The maximum atomic E-state index is 13.4. The first kappa shape index (κ1) is 13.4. The van der Waals surface area contributed by atoms with Crippen LogP contribution in [-0.4, -0.2) is 24.0 Å². The average molecular weight is 245 g/mol. The van der Waals surface area contributed by atoms with Crippen LogP contribution in [0.25, 0.3) is 0 Å². The molecule has 1 aromatic carbocycles. The van der Waals surface area contributed by atoms with Gasteiger partial charge in [-0.1, -0.05) is 18.2 Å². The van der Waals surface area contributed by atoms with Gasteiger partial charge in [0.1, 0.15) is 5.82 Å². The third kappa shape index (κ3) is 2.94. The van der Waals surface area contributed by atoms with Crippen molar-refractivity contribution in [1.29, 1.82) is 0 Å². The molecule has 0 bridgehead atoms. The molecule has 90 valence electrons. The Hall–Kier alpha value is -0.640. The predicted molar refractivity (Wildman–Crippen MR) is 66.1 cm³/mol. The van der Waals surface area contributed by atoms with Gasteiger partial charge in [-0.2, -0.15) is 0 Å². The van der Waals surface area contributed by atoms with Crippen LogP contribution in [0.1, 0.15) is 18.4 Å². The summed E-state index contributed by atoms with van der Waals surface area (Å²) in [4.78, 5) is 2.28. The van der Waals surface area contributed by atoms with Crippen molar-refractivity contribution >= 4 is 12.4 Å². The fourth-order valence-electron chi connectivity index (χ4n) is 2.22. The quantitative estimate of drug-likeness (QED) is 0.883. The maximum absolute atomic E-state index is 13.4. The van der Waals surface area contributed by atoms with E-state index in [1.807, 2.05) is 12.1 Å². The molecule has 1 unspecified atom stereocenters. The lowest BCUT2D eigenvalue weighted by Gasteiger charge is -2.23. The van der Waals surface area contributed by atoms with Crippen LogP contribution in [-0.2, 0) is 6.54 Å². The first-order chi connectivity index (χ1) is 7.31. The smallest absolute Gasteiger partial charge is 0.127 e. The van der Waals surface area contributed by atoms with E-state index in [9.17, 15) is 4.39 Å². The molecule has 0 spiro atoms. The molecule has 0 aromatic heterocycles. The van der Waals surface area contributed by atoms with Gasteiger partial charge in [0.15, 0.2) is 0 Å². The zero-order chi connectivity index (χ0) is 10.7. The summed E-state index contributed by atoms with van der Waals surface area (Å²) in [7, 11) is 0. The van der Waals surface area contributed by atoms with Crippen molar-refractivity contribution in [2.24, 2.45) is 5.73 Å². The van der Waals surface area contributed by atoms with E-state index in [1.54, 1.807) is 6.07 Å². The summed E-state index contributed by atoms with van der Waals surface area (Å²) < 4.78 is 13.4. The Morgan fingerprint density at radius 3 is 2.81 bits per heavy atom. The topological polar surface area (TPSA) is 29.3 Å². The summed E-state index contributed by atoms with van der Waals surface area (Å²) >= 11 is 0. The van der Waals surface area contributed by atoms with Crippen molar-refractivity contribution in [3.05, 3.63) is 35.6 Å². The molecule has 0 saturated carbocycles. The van der Waals surface area contributed by atoms with Crippen LogP contribution in [0.5, 0.6) is 0 Å². The Morgan fingerprint density at radius 1 is 1.38 bits per heavy atom. The third-order valence-electron chi connectivity index (χ3n) is 3.10. The van der Waals surface area contributed by atoms with E-state index in [4.69, 9.17) is 5.73 Å². The second-order valence-electron chi connectivity index (χ2n) is 4.09. The van der Waals surface area contributed by atoms with E-state index in [2.05, 4.69) is 4.90 Å². The van der Waals surface area contributed by atoms with E-state index in [0.717, 1.165) is 18.5 Å². The van der Waals surface area contributed by atoms with Crippen molar-refractivity contribution in [3.8, 4) is 0 Å². The van der Waals surface area contributed by atoms with Crippen LogP contribution in [0.15, 0.2) is 24.3 Å². The molecule has 0 amide bonds. The van der Waals surface area contributed by atoms with Gasteiger partial charge in [-0.05, 0) is 25.5 Å². The molecule has 1 saturated heterocycles. The molecule has 2 N–H and O–H groups in total. The molecule has 1 aliphatic rings. The number of hydrogen-bond acceptors (Lipinski definition) is 2. The molecule has 16 heavy (non-hydrogen) atoms. The summed E-state index contributed by atoms with van der Waals surface area (Å²) in [5.41, 5.74) is 6.46. The first-order valence-electron chi connectivity index (χ1n) is 5.49. The highest BCUT2D eigenvalue weighted by molar-refractivity contribution is 5.85. The molecule has 0 aliphatic carbocycles. The van der Waals surface area contributed by atoms with Gasteiger partial charge in [0, 0.05) is 24.7 Å². The minimum Gasteiger partial charge on any atom is -0.329 e. The van der Waals surface area contributed by atoms with Gasteiger partial charge in [0.25, 0.3) is 0 Å². The second kappa shape index (κ2) is 6.18. The Morgan fingerprint density at radius 2 is 2.12 bits per heavy atom. The van der Waals surface area contributed by atoms with Gasteiger partial charge < -0.3 is 5.73 Å². The molecule has 1 heterocycles. The first-order valence-corrected chi connectivity index (χ1v) is 5.49. The molecule has 0 radical (unpaired) electrons. The van der Waals surface area contributed by atoms with E-state index < -0.39 is 0 Å². The normalized spacial score (nSPS) is 20.8. The number of benzene rings is 1. The van der Waals surface area contributed by atoms with Crippen LogP contribution < -0.4 is 5.73 Å². The van der Waals surface area contributed by atoms with Crippen molar-refractivity contribution in [2.75, 3.05) is 13.1 Å². The summed E-state index contributed by atoms with van der Waals surface area (Å²) in [6.07, 6.45) is 2.32. The lowest BCUT2D eigenvalue weighted by atomic mass is 10.1. The maximum Gasteiger partial charge on any atom is 0.127 e. The van der Waals surface area contributed by atoms with Crippen LogP contribution in [0.4, 0.5) is 4.39 Å². The number of nitrogens with two attached hydrogens (primary N) is 1. The molecule has 1 fully saturated rings. The fraction of sp³-hybridized carbons (Fsp3) is 0.500. The van der Waals surface area contributed by atoms with Gasteiger partial charge in [0.05, 0.1) is 0 Å². The zero-order valence-electron chi connectivity index (χ0n) is 9.23. The third-order valence-corrected chi connectivity index (χ3v) is 3.10. The minimum absolute atomic E-state index is 0. The van der Waals surface area contributed by atoms with Gasteiger partial charge in [-0.15, -0.1) is 12.4 Å². The van der Waals surface area contributed by atoms with E-state index in [1.165, 1.54) is 12.5 Å². The van der Waals surface area contributed by atoms with Crippen LogP contribution in [0.2, 0.25) is 0 Å². The van der Waals surface area contributed by atoms with Crippen molar-refractivity contribution in [3.63, 3.8) is 0 Å². The number of halogens is 2. The van der Waals surface area contributed by atoms with E-state index in [0.29, 0.717) is 19.1 Å². The largest absolute Gasteiger partial charge is 0.329 e. The zero-order valence-corrected chi connectivity index (χ0v) is 10.0. The molecular weight excluding hydrogens is 227 g/mol. The van der Waals surface area contributed by atoms with Crippen LogP contribution in [0.3, 0.4) is 0 Å². The second-order valence-corrected chi connectivity index (χ2v) is 4.09. The van der Waals surface area contributed by atoms with E-state index in [-0.39, 0.29) is 18.2 Å². The van der Waals surface area contributed by atoms with Gasteiger partial charge in [0.2, 0.25) is 0 Å². The van der Waals surface area contributed by atoms with Crippen LogP contribution in [0, 0.1) is 5.82 Å². The highest BCUT2D eigenvalue weighted by atomic mass is 35.5. The van der Waals surface area contributed by atoms with Crippen molar-refractivity contribution in [2.45, 2.75) is 25.4 Å². The Bertz CT molecular complexity index is 333. The molecular formula is C12H18ClFN2. The van der Waals surface area contributed by atoms with Crippen molar-refractivity contribution in [1.82, 2.24) is 4.90 Å². The summed E-state index contributed by atoms with van der Waals surface area (Å²) in [5.74, 6) is -0.111. The highest BCUT2D eigenvalue weighted by Gasteiger charge is 2.23. The standard InChI is InChI=1S/C12H17FN2.ClH/c13-12-6-2-1-4-10(12)9-15-7-3-5-11(15)8-14;/h1-2,4,6,11H,3,5,7-9,14H2;1H. The van der Waals surface area contributed by atoms with Gasteiger partial charge >= 0.3 is 0 Å². The monoisotopic (exact) mass is 244 g/mol. The summed E-state index contributed by atoms with van der Waals surface area (Å²) in [6, 6.07) is 7.41. The van der Waals surface area contributed by atoms with E-state index >= 15 is 0 Å². The number of likely N-dealkylation sites (tertiary alicyclic amines) is 1. The fourth-order valence-corrected chi connectivity index (χ4v) is 2.22. The molecule has 2 rings (SSSR count). The Kier molecular flexibility index (Phi) is 5.19. The van der Waals surface area contributed by atoms with Crippen molar-refractivity contribution < 1.29 is 4.39 Å². The lowest BCUT2D eigenvalue weighted by molar-refractivity contribution is 0.247. The predicted octanol–water partition coefficient (Wildman–Crippen LogP) is 2.17. The Labute approximate surface area is 102 Å². The lowest BCUT2D eigenvalue weighted by Crippen LogP contribution is -2.35. The molecule has 1 aliphatic heterocycles. The molecule has 1 atom stereocenters. The number of hydrogen-bond donors (Lipinski definition) is 1. The summed E-state index contributed by atoms with van der Waals surface area (Å²) in [5, 5.41) is 0. The summed E-state index contributed by atoms with van der Waals surface area (Å²) in [6.45, 7) is 2.40. The van der Waals surface area contributed by atoms with Gasteiger partial charge in [-0.3, -0.25) is 4.90 Å². The van der Waals surface area contributed by atoms with Gasteiger partial charge in [-0.25, -0.2) is 4.39 Å².